The van der Waals surface area contributed by atoms with Crippen LogP contribution in [0, 0.1) is 5.92 Å². The third-order valence-corrected chi connectivity index (χ3v) is 10.7. The molecular weight excluding hydrogens is 644 g/mol. The molecule has 0 bridgehead atoms. The molecule has 0 aliphatic carbocycles. The minimum Gasteiger partial charge on any atom is -0.491 e. The Hall–Kier alpha value is -4.41. The second kappa shape index (κ2) is 15.5. The molecule has 10 heteroatoms. The van der Waals surface area contributed by atoms with Crippen molar-refractivity contribution in [3.8, 4) is 17.2 Å². The topological polar surface area (TPSA) is 95.4 Å². The van der Waals surface area contributed by atoms with Gasteiger partial charge in [0.1, 0.15) is 5.75 Å². The molecular formula is C41H50N4O6. The van der Waals surface area contributed by atoms with Crippen molar-refractivity contribution in [1.82, 2.24) is 19.4 Å². The van der Waals surface area contributed by atoms with E-state index < -0.39 is 0 Å². The van der Waals surface area contributed by atoms with Crippen molar-refractivity contribution in [3.05, 3.63) is 83.7 Å². The van der Waals surface area contributed by atoms with Gasteiger partial charge in [0.2, 0.25) is 18.5 Å². The number of imidazole rings is 1. The number of hydrogen-bond acceptors (Lipinski definition) is 8. The first kappa shape index (κ1) is 35.0. The Balaban J connectivity index is 1.02. The average Bonchev–Trinajstić information content (AvgIpc) is 3.88. The Morgan fingerprint density at radius 2 is 1.78 bits per heavy atom. The molecule has 0 N–H and O–H groups in total. The highest BCUT2D eigenvalue weighted by Gasteiger charge is 2.42. The van der Waals surface area contributed by atoms with Crippen LogP contribution in [0.3, 0.4) is 0 Å². The Morgan fingerprint density at radius 3 is 2.61 bits per heavy atom. The number of fused-ring (bicyclic) bond motifs is 2. The van der Waals surface area contributed by atoms with E-state index in [-0.39, 0.29) is 35.9 Å². The summed E-state index contributed by atoms with van der Waals surface area (Å²) < 4.78 is 25.0. The van der Waals surface area contributed by atoms with Crippen LogP contribution in [0.4, 0.5) is 0 Å². The van der Waals surface area contributed by atoms with Crippen LogP contribution in [0.15, 0.2) is 66.7 Å². The lowest BCUT2D eigenvalue weighted by Gasteiger charge is -2.36. The lowest BCUT2D eigenvalue weighted by molar-refractivity contribution is -0.129. The van der Waals surface area contributed by atoms with Crippen LogP contribution in [0.2, 0.25) is 0 Å². The van der Waals surface area contributed by atoms with Crippen molar-refractivity contribution in [2.75, 3.05) is 52.7 Å². The van der Waals surface area contributed by atoms with E-state index in [1.807, 2.05) is 84.8 Å². The Kier molecular flexibility index (Phi) is 10.6. The summed E-state index contributed by atoms with van der Waals surface area (Å²) in [6, 6.07) is 22.1. The summed E-state index contributed by atoms with van der Waals surface area (Å²) in [6.07, 6.45) is 3.79. The van der Waals surface area contributed by atoms with Crippen molar-refractivity contribution in [2.45, 2.75) is 70.9 Å². The summed E-state index contributed by atoms with van der Waals surface area (Å²) in [5.41, 5.74) is 3.76. The molecule has 2 saturated heterocycles. The molecule has 3 aliphatic heterocycles. The van der Waals surface area contributed by atoms with Crippen molar-refractivity contribution >= 4 is 22.7 Å². The molecule has 7 rings (SSSR count). The van der Waals surface area contributed by atoms with Crippen molar-refractivity contribution in [3.63, 3.8) is 0 Å². The van der Waals surface area contributed by atoms with Crippen LogP contribution < -0.4 is 14.2 Å². The van der Waals surface area contributed by atoms with Gasteiger partial charge in [-0.15, -0.1) is 0 Å². The van der Waals surface area contributed by atoms with E-state index in [9.17, 15) is 9.59 Å². The van der Waals surface area contributed by atoms with Gasteiger partial charge in [-0.25, -0.2) is 4.98 Å². The molecule has 0 saturated carbocycles. The molecule has 4 heterocycles. The minimum absolute atomic E-state index is 0.0595. The Morgan fingerprint density at radius 1 is 0.961 bits per heavy atom. The van der Waals surface area contributed by atoms with E-state index in [0.29, 0.717) is 45.1 Å². The van der Waals surface area contributed by atoms with Crippen LogP contribution in [0.5, 0.6) is 17.2 Å². The number of nitrogens with zero attached hydrogens (tertiary/aromatic N) is 4. The maximum atomic E-state index is 13.9. The standard InChI is InChI=1S/C41H50N4O6/c1-4-48-23-22-45-35-11-6-5-10-34(35)42-40(45)39(47)31-14-18-43(19-15-31)20-16-41(32-12-13-36-37(26-32)50-28-49-36)17-21-44(27-41)38(46)25-30-8-7-9-33(24-30)51-29(2)3/h5-13,24,26,29,31H,4,14-23,25,27-28H2,1-3H3. The number of ether oxygens (including phenoxy) is 4. The van der Waals surface area contributed by atoms with E-state index in [1.54, 1.807) is 0 Å². The number of ketones is 1. The number of carbonyl (C=O) groups excluding carboxylic acids is 2. The summed E-state index contributed by atoms with van der Waals surface area (Å²) in [5.74, 6) is 3.07. The Bertz CT molecular complexity index is 1850. The molecule has 51 heavy (non-hydrogen) atoms. The summed E-state index contributed by atoms with van der Waals surface area (Å²) in [7, 11) is 0. The smallest absolute Gasteiger partial charge is 0.231 e. The predicted octanol–water partition coefficient (Wildman–Crippen LogP) is 6.29. The number of carbonyl (C=O) groups is 2. The first-order valence-corrected chi connectivity index (χ1v) is 18.5. The number of piperidine rings is 1. The maximum Gasteiger partial charge on any atom is 0.231 e. The first-order valence-electron chi connectivity index (χ1n) is 18.5. The highest BCUT2D eigenvalue weighted by Crippen LogP contribution is 2.43. The van der Waals surface area contributed by atoms with Gasteiger partial charge in [-0.3, -0.25) is 9.59 Å². The van der Waals surface area contributed by atoms with Gasteiger partial charge in [0.05, 0.1) is 30.2 Å². The van der Waals surface area contributed by atoms with Crippen LogP contribution in [-0.4, -0.2) is 89.9 Å². The molecule has 1 atom stereocenters. The van der Waals surface area contributed by atoms with Gasteiger partial charge in [0.25, 0.3) is 0 Å². The van der Waals surface area contributed by atoms with Gasteiger partial charge in [-0.1, -0.05) is 30.3 Å². The number of rotatable bonds is 14. The summed E-state index contributed by atoms with van der Waals surface area (Å²) in [4.78, 5) is 36.9. The van der Waals surface area contributed by atoms with Crippen molar-refractivity contribution in [1.29, 1.82) is 0 Å². The molecule has 3 aliphatic rings. The number of hydrogen-bond donors (Lipinski definition) is 0. The lowest BCUT2D eigenvalue weighted by atomic mass is 9.76. The normalized spacial score (nSPS) is 19.3. The Labute approximate surface area is 300 Å². The number of amides is 1. The fourth-order valence-corrected chi connectivity index (χ4v) is 7.95. The third-order valence-electron chi connectivity index (χ3n) is 10.7. The zero-order chi connectivity index (χ0) is 35.4. The van der Waals surface area contributed by atoms with Crippen molar-refractivity contribution in [2.24, 2.45) is 5.92 Å². The van der Waals surface area contributed by atoms with Gasteiger partial charge in [0, 0.05) is 37.6 Å². The van der Waals surface area contributed by atoms with Gasteiger partial charge < -0.3 is 33.3 Å². The van der Waals surface area contributed by atoms with Crippen LogP contribution in [0.25, 0.3) is 11.0 Å². The molecule has 0 spiro atoms. The predicted molar refractivity (Wildman–Crippen MR) is 196 cm³/mol. The van der Waals surface area contributed by atoms with E-state index in [1.165, 1.54) is 5.56 Å². The molecule has 3 aromatic carbocycles. The van der Waals surface area contributed by atoms with Gasteiger partial charge in [-0.2, -0.15) is 0 Å². The zero-order valence-corrected chi connectivity index (χ0v) is 30.1. The molecule has 4 aromatic rings. The number of benzene rings is 3. The SMILES string of the molecule is CCOCCn1c(C(=O)C2CCN(CCC3(c4ccc5c(c4)OCO5)CCN(C(=O)Cc4cccc(OC(C)C)c4)C3)CC2)nc2ccccc21. The highest BCUT2D eigenvalue weighted by atomic mass is 16.7. The molecule has 270 valence electrons. The van der Waals surface area contributed by atoms with Crippen molar-refractivity contribution < 1.29 is 28.5 Å². The summed E-state index contributed by atoms with van der Waals surface area (Å²) in [5, 5.41) is 0. The second-order valence-corrected chi connectivity index (χ2v) is 14.4. The summed E-state index contributed by atoms with van der Waals surface area (Å²) >= 11 is 0. The zero-order valence-electron chi connectivity index (χ0n) is 30.1. The van der Waals surface area contributed by atoms with E-state index in [4.69, 9.17) is 23.9 Å². The fraction of sp³-hybridized carbons (Fsp3) is 0.488. The van der Waals surface area contributed by atoms with Crippen LogP contribution in [-0.2, 0) is 27.9 Å². The summed E-state index contributed by atoms with van der Waals surface area (Å²) in [6.45, 7) is 12.0. The van der Waals surface area contributed by atoms with Crippen LogP contribution >= 0.6 is 0 Å². The highest BCUT2D eigenvalue weighted by molar-refractivity contribution is 5.98. The van der Waals surface area contributed by atoms with Crippen LogP contribution in [0.1, 0.15) is 68.2 Å². The monoisotopic (exact) mass is 694 g/mol. The minimum atomic E-state index is -0.211. The van der Waals surface area contributed by atoms with Gasteiger partial charge in [-0.05, 0) is 114 Å². The molecule has 1 amide bonds. The van der Waals surface area contributed by atoms with Gasteiger partial charge in [0.15, 0.2) is 17.3 Å². The quantitative estimate of drug-likeness (QED) is 0.112. The number of aromatic nitrogens is 2. The van der Waals surface area contributed by atoms with E-state index >= 15 is 0 Å². The lowest BCUT2D eigenvalue weighted by Crippen LogP contribution is -2.41. The van der Waals surface area contributed by atoms with E-state index in [0.717, 1.165) is 79.2 Å². The first-order chi connectivity index (χ1) is 24.8. The number of Topliss-reactive ketones (excluding diaryl/α,β-unsaturated/α-hetero) is 1. The molecule has 2 fully saturated rings. The van der Waals surface area contributed by atoms with Gasteiger partial charge >= 0.3 is 0 Å². The number of likely N-dealkylation sites (tertiary alicyclic amines) is 2. The molecule has 1 unspecified atom stereocenters. The number of para-hydroxylation sites is 2. The fourth-order valence-electron chi connectivity index (χ4n) is 7.95. The average molecular weight is 695 g/mol. The second-order valence-electron chi connectivity index (χ2n) is 14.4. The maximum absolute atomic E-state index is 13.9. The third kappa shape index (κ3) is 7.77. The molecule has 10 nitrogen and oxygen atoms in total. The largest absolute Gasteiger partial charge is 0.491 e. The van der Waals surface area contributed by atoms with E-state index in [2.05, 4.69) is 17.0 Å². The molecule has 1 aromatic heterocycles. The molecule has 0 radical (unpaired) electrons.